The average molecular weight is 605 g/mol. The first-order valence-corrected chi connectivity index (χ1v) is 15.9. The molecular formula is C35H36F4N4O. The minimum absolute atomic E-state index is 0.0223. The predicted molar refractivity (Wildman–Crippen MR) is 158 cm³/mol. The summed E-state index contributed by atoms with van der Waals surface area (Å²) < 4.78 is 56.2. The molecule has 2 atom stereocenters. The van der Waals surface area contributed by atoms with Gasteiger partial charge in [0.15, 0.2) is 0 Å². The molecule has 7 aliphatic rings. The maximum absolute atomic E-state index is 16.7. The van der Waals surface area contributed by atoms with Gasteiger partial charge in [0.1, 0.15) is 12.0 Å². The number of nitrogens with zero attached hydrogens (tertiary/aromatic N) is 2. The zero-order valence-electron chi connectivity index (χ0n) is 24.5. The van der Waals surface area contributed by atoms with E-state index in [-0.39, 0.29) is 17.7 Å². The Labute approximate surface area is 254 Å². The van der Waals surface area contributed by atoms with Gasteiger partial charge in [-0.05, 0) is 118 Å². The van der Waals surface area contributed by atoms with Crippen molar-refractivity contribution in [2.75, 3.05) is 5.32 Å². The summed E-state index contributed by atoms with van der Waals surface area (Å²) in [6.45, 7) is 0. The topological polar surface area (TPSA) is 66.9 Å². The van der Waals surface area contributed by atoms with E-state index in [0.717, 1.165) is 48.6 Å². The highest BCUT2D eigenvalue weighted by Gasteiger charge is 2.64. The van der Waals surface area contributed by atoms with E-state index >= 15 is 4.39 Å². The van der Waals surface area contributed by atoms with Crippen molar-refractivity contribution >= 4 is 17.4 Å². The van der Waals surface area contributed by atoms with Gasteiger partial charge in [0.05, 0.1) is 11.6 Å². The highest BCUT2D eigenvalue weighted by atomic mass is 19.4. The summed E-state index contributed by atoms with van der Waals surface area (Å²) in [6.07, 6.45) is 4.65. The molecule has 2 N–H and O–H groups in total. The number of halogens is 4. The third-order valence-electron chi connectivity index (χ3n) is 11.7. The largest absolute Gasteiger partial charge is 0.417 e. The Morgan fingerprint density at radius 1 is 0.909 bits per heavy atom. The fourth-order valence-corrected chi connectivity index (χ4v) is 8.64. The number of carbonyl (C=O) groups excluding carboxylic acids is 1. The maximum Gasteiger partial charge on any atom is 0.417 e. The molecule has 1 amide bonds. The smallest absolute Gasteiger partial charge is 0.348 e. The van der Waals surface area contributed by atoms with Crippen molar-refractivity contribution in [3.8, 4) is 0 Å². The third-order valence-corrected chi connectivity index (χ3v) is 11.7. The van der Waals surface area contributed by atoms with E-state index in [4.69, 9.17) is 0 Å². The molecule has 1 aromatic carbocycles. The van der Waals surface area contributed by atoms with Crippen LogP contribution in [-0.4, -0.2) is 22.0 Å². The SMILES string of the molecule is O=C(NC(c1cccc(Nc2ccc(C3CC3)cn2)c1)C12CCC(c3ccc(C(F)(F)F)cn3)(CC1)CC2F)C12CC(C1)C2. The summed E-state index contributed by atoms with van der Waals surface area (Å²) >= 11 is 0. The molecule has 0 spiro atoms. The van der Waals surface area contributed by atoms with Crippen molar-refractivity contribution in [3.05, 3.63) is 83.3 Å². The summed E-state index contributed by atoms with van der Waals surface area (Å²) in [5.41, 5.74) is 0.939. The molecule has 9 heteroatoms. The van der Waals surface area contributed by atoms with Crippen LogP contribution in [0.3, 0.4) is 0 Å². The molecule has 10 rings (SSSR count). The number of fused-ring (bicyclic) bond motifs is 3. The fraction of sp³-hybridized carbons (Fsp3) is 0.514. The number of amides is 1. The van der Waals surface area contributed by atoms with Crippen molar-refractivity contribution < 1.29 is 22.4 Å². The highest BCUT2D eigenvalue weighted by Crippen LogP contribution is 2.66. The summed E-state index contributed by atoms with van der Waals surface area (Å²) in [5.74, 6) is 2.01. The molecular weight excluding hydrogens is 568 g/mol. The lowest BCUT2D eigenvalue weighted by molar-refractivity contribution is -0.169. The van der Waals surface area contributed by atoms with Crippen LogP contribution in [0.2, 0.25) is 0 Å². The zero-order chi connectivity index (χ0) is 30.3. The van der Waals surface area contributed by atoms with Gasteiger partial charge >= 0.3 is 6.18 Å². The van der Waals surface area contributed by atoms with Crippen LogP contribution in [0.25, 0.3) is 0 Å². The molecule has 44 heavy (non-hydrogen) atoms. The number of hydrogen-bond acceptors (Lipinski definition) is 4. The van der Waals surface area contributed by atoms with Crippen LogP contribution in [0.1, 0.15) is 98.6 Å². The Morgan fingerprint density at radius 3 is 2.25 bits per heavy atom. The first kappa shape index (κ1) is 28.0. The Bertz CT molecular complexity index is 1560. The Kier molecular flexibility index (Phi) is 6.21. The molecule has 0 saturated heterocycles. The summed E-state index contributed by atoms with van der Waals surface area (Å²) in [7, 11) is 0. The molecule has 7 aliphatic carbocycles. The summed E-state index contributed by atoms with van der Waals surface area (Å²) in [6, 6.07) is 13.9. The molecule has 2 heterocycles. The molecule has 0 radical (unpaired) electrons. The molecule has 230 valence electrons. The average Bonchev–Trinajstić information content (AvgIpc) is 3.81. The van der Waals surface area contributed by atoms with Gasteiger partial charge in [-0.1, -0.05) is 18.2 Å². The van der Waals surface area contributed by atoms with Gasteiger partial charge in [0.25, 0.3) is 0 Å². The molecule has 7 saturated carbocycles. The molecule has 2 aromatic heterocycles. The van der Waals surface area contributed by atoms with Crippen LogP contribution in [-0.2, 0) is 16.4 Å². The Hall–Kier alpha value is -3.49. The minimum Gasteiger partial charge on any atom is -0.348 e. The van der Waals surface area contributed by atoms with Gasteiger partial charge in [-0.3, -0.25) is 9.78 Å². The van der Waals surface area contributed by atoms with Crippen LogP contribution in [0.15, 0.2) is 60.9 Å². The number of nitrogens with one attached hydrogen (secondary N) is 2. The molecule has 0 aliphatic heterocycles. The van der Waals surface area contributed by atoms with Crippen LogP contribution < -0.4 is 10.6 Å². The lowest BCUT2D eigenvalue weighted by atomic mass is 9.44. The van der Waals surface area contributed by atoms with Crippen molar-refractivity contribution in [3.63, 3.8) is 0 Å². The monoisotopic (exact) mass is 604 g/mol. The normalized spacial score (nSPS) is 32.7. The van der Waals surface area contributed by atoms with Crippen LogP contribution in [0, 0.1) is 16.7 Å². The van der Waals surface area contributed by atoms with Crippen LogP contribution >= 0.6 is 0 Å². The zero-order valence-corrected chi connectivity index (χ0v) is 24.5. The highest BCUT2D eigenvalue weighted by molar-refractivity contribution is 5.86. The number of alkyl halides is 4. The van der Waals surface area contributed by atoms with Gasteiger partial charge in [-0.15, -0.1) is 0 Å². The molecule has 3 aromatic rings. The number of benzene rings is 1. The number of pyridine rings is 2. The minimum atomic E-state index is -4.47. The number of hydrogen-bond donors (Lipinski definition) is 2. The van der Waals surface area contributed by atoms with Crippen molar-refractivity contribution in [2.45, 2.75) is 93.9 Å². The third kappa shape index (κ3) is 4.52. The van der Waals surface area contributed by atoms with Gasteiger partial charge in [0, 0.05) is 40.0 Å². The fourth-order valence-electron chi connectivity index (χ4n) is 8.64. The van der Waals surface area contributed by atoms with E-state index in [1.54, 1.807) is 0 Å². The standard InChI is InChI=1S/C35H36F4N4O/c36-27-18-32(28-8-7-25(20-40-28)35(37,38)39)10-12-34(27,13-11-32)30(43-31(44)33-15-21(16-33)17-33)23-2-1-3-26(14-23)42-29-9-6-24(19-41-29)22-4-5-22/h1-3,6-9,14,19-22,27,30H,4-5,10-13,15-18H2,(H,41,42)(H,43,44). The molecule has 5 nitrogen and oxygen atoms in total. The van der Waals surface area contributed by atoms with E-state index in [9.17, 15) is 18.0 Å². The number of rotatable bonds is 8. The lowest BCUT2D eigenvalue weighted by Crippen LogP contribution is -2.63. The van der Waals surface area contributed by atoms with Gasteiger partial charge in [-0.25, -0.2) is 9.37 Å². The van der Waals surface area contributed by atoms with E-state index in [2.05, 4.69) is 26.7 Å². The van der Waals surface area contributed by atoms with Crippen LogP contribution in [0.4, 0.5) is 29.1 Å². The predicted octanol–water partition coefficient (Wildman–Crippen LogP) is 8.31. The van der Waals surface area contributed by atoms with E-state index in [1.807, 2.05) is 36.5 Å². The second-order valence-corrected chi connectivity index (χ2v) is 14.3. The van der Waals surface area contributed by atoms with E-state index in [0.29, 0.717) is 43.2 Å². The molecule has 4 bridgehead atoms. The Morgan fingerprint density at radius 2 is 1.68 bits per heavy atom. The van der Waals surface area contributed by atoms with Crippen molar-refractivity contribution in [1.29, 1.82) is 0 Å². The summed E-state index contributed by atoms with van der Waals surface area (Å²) in [5, 5.41) is 6.75. The summed E-state index contributed by atoms with van der Waals surface area (Å²) in [4.78, 5) is 22.5. The van der Waals surface area contributed by atoms with Gasteiger partial charge in [-0.2, -0.15) is 13.2 Å². The van der Waals surface area contributed by atoms with Gasteiger partial charge < -0.3 is 10.6 Å². The van der Waals surface area contributed by atoms with Crippen LogP contribution in [0.5, 0.6) is 0 Å². The van der Waals surface area contributed by atoms with Crippen molar-refractivity contribution in [1.82, 2.24) is 15.3 Å². The second kappa shape index (κ2) is 9.75. The number of anilines is 2. The van der Waals surface area contributed by atoms with E-state index < -0.39 is 34.8 Å². The first-order chi connectivity index (χ1) is 21.1. The number of carbonyl (C=O) groups is 1. The molecule has 2 unspecified atom stereocenters. The number of aromatic nitrogens is 2. The quantitative estimate of drug-likeness (QED) is 0.254. The van der Waals surface area contributed by atoms with E-state index in [1.165, 1.54) is 24.5 Å². The Balaban J connectivity index is 1.08. The molecule has 7 fully saturated rings. The van der Waals surface area contributed by atoms with Crippen molar-refractivity contribution in [2.24, 2.45) is 16.7 Å². The lowest BCUT2D eigenvalue weighted by Gasteiger charge is -2.62. The van der Waals surface area contributed by atoms with Gasteiger partial charge in [0.2, 0.25) is 5.91 Å². The maximum atomic E-state index is 16.7. The first-order valence-electron chi connectivity index (χ1n) is 15.9. The second-order valence-electron chi connectivity index (χ2n) is 14.3.